The predicted octanol–water partition coefficient (Wildman–Crippen LogP) is 4.14. The maximum Gasteiger partial charge on any atom is 0.373 e. The van der Waals surface area contributed by atoms with Gasteiger partial charge in [-0.2, -0.15) is 5.26 Å². The number of nitrogens with zero attached hydrogens (tertiary/aromatic N) is 1. The summed E-state index contributed by atoms with van der Waals surface area (Å²) >= 11 is 2.08. The topological polar surface area (TPSA) is 96.3 Å². The van der Waals surface area contributed by atoms with Gasteiger partial charge < -0.3 is 18.9 Å². The van der Waals surface area contributed by atoms with Crippen molar-refractivity contribution in [1.82, 2.24) is 4.98 Å². The van der Waals surface area contributed by atoms with Crippen LogP contribution >= 0.6 is 22.6 Å². The summed E-state index contributed by atoms with van der Waals surface area (Å²) in [5.74, 6) is 1.25. The van der Waals surface area contributed by atoms with Gasteiger partial charge in [0.2, 0.25) is 6.79 Å². The van der Waals surface area contributed by atoms with Crippen LogP contribution in [0.1, 0.15) is 11.1 Å². The van der Waals surface area contributed by atoms with E-state index < -0.39 is 5.97 Å². The van der Waals surface area contributed by atoms with Gasteiger partial charge in [-0.05, 0) is 58.5 Å². The van der Waals surface area contributed by atoms with Crippen molar-refractivity contribution in [3.05, 3.63) is 51.2 Å². The van der Waals surface area contributed by atoms with Crippen LogP contribution in [0, 0.1) is 3.57 Å². The van der Waals surface area contributed by atoms with Crippen molar-refractivity contribution < 1.29 is 33.9 Å². The number of fused-ring (bicyclic) bond motifs is 2. The molecule has 0 radical (unpaired) electrons. The highest BCUT2D eigenvalue weighted by Gasteiger charge is 2.21. The molecule has 8 nitrogen and oxygen atoms in total. The van der Waals surface area contributed by atoms with Crippen LogP contribution in [-0.4, -0.2) is 37.2 Å². The van der Waals surface area contributed by atoms with Gasteiger partial charge in [0.25, 0.3) is 0 Å². The number of methoxy groups -OCH3 is 2. The Kier molecular flexibility index (Phi) is 5.64. The zero-order chi connectivity index (χ0) is 21.3. The number of ether oxygens (including phenoxy) is 4. The smallest absolute Gasteiger partial charge is 0.373 e. The summed E-state index contributed by atoms with van der Waals surface area (Å²) in [4.78, 5) is 20.9. The van der Waals surface area contributed by atoms with Gasteiger partial charge in [0.15, 0.2) is 23.0 Å². The van der Waals surface area contributed by atoms with E-state index in [1.54, 1.807) is 42.6 Å². The number of carbonyl (C=O) groups is 1. The van der Waals surface area contributed by atoms with Crippen molar-refractivity contribution in [2.45, 2.75) is 0 Å². The van der Waals surface area contributed by atoms with Gasteiger partial charge in [-0.15, -0.1) is 0 Å². The first-order chi connectivity index (χ1) is 14.5. The lowest BCUT2D eigenvalue weighted by molar-refractivity contribution is -0.226. The number of hydrogen-bond acceptors (Lipinski definition) is 8. The van der Waals surface area contributed by atoms with Gasteiger partial charge in [0.1, 0.15) is 0 Å². The molecule has 30 heavy (non-hydrogen) atoms. The highest BCUT2D eigenvalue weighted by Crippen LogP contribution is 2.38. The van der Waals surface area contributed by atoms with Crippen molar-refractivity contribution >= 4 is 51.1 Å². The Morgan fingerprint density at radius 2 is 1.83 bits per heavy atom. The van der Waals surface area contributed by atoms with Crippen LogP contribution in [0.4, 0.5) is 0 Å². The second kappa shape index (κ2) is 8.36. The Balaban J connectivity index is 1.92. The maximum atomic E-state index is 12.5. The minimum Gasteiger partial charge on any atom is -0.493 e. The Bertz CT molecular complexity index is 1180. The van der Waals surface area contributed by atoms with Crippen LogP contribution < -0.4 is 18.9 Å². The summed E-state index contributed by atoms with van der Waals surface area (Å²) in [6, 6.07) is 8.72. The molecular weight excluding hydrogens is 505 g/mol. The number of benzene rings is 2. The lowest BCUT2D eigenvalue weighted by atomic mass is 10.00. The van der Waals surface area contributed by atoms with E-state index in [1.807, 2.05) is 0 Å². The van der Waals surface area contributed by atoms with E-state index in [0.717, 1.165) is 5.39 Å². The molecule has 2 heterocycles. The van der Waals surface area contributed by atoms with E-state index in [0.29, 0.717) is 43.2 Å². The zero-order valence-electron chi connectivity index (χ0n) is 16.0. The van der Waals surface area contributed by atoms with E-state index in [1.165, 1.54) is 14.2 Å². The molecule has 1 aliphatic rings. The molecule has 2 aromatic carbocycles. The molecule has 0 amide bonds. The van der Waals surface area contributed by atoms with Gasteiger partial charge in [-0.1, -0.05) is 0 Å². The molecule has 0 saturated heterocycles. The summed E-state index contributed by atoms with van der Waals surface area (Å²) in [6.45, 7) is 0.142. The quantitative estimate of drug-likeness (QED) is 0.232. The van der Waals surface area contributed by atoms with Crippen LogP contribution in [0.5, 0.6) is 23.0 Å². The van der Waals surface area contributed by atoms with Crippen LogP contribution in [0.15, 0.2) is 36.5 Å². The number of pyridine rings is 1. The zero-order valence-corrected chi connectivity index (χ0v) is 18.1. The lowest BCUT2D eigenvalue weighted by Gasteiger charge is -2.13. The van der Waals surface area contributed by atoms with Crippen LogP contribution in [-0.2, 0) is 9.68 Å². The van der Waals surface area contributed by atoms with Gasteiger partial charge in [-0.3, -0.25) is 9.87 Å². The summed E-state index contributed by atoms with van der Waals surface area (Å²) in [5, 5.41) is 9.86. The van der Waals surface area contributed by atoms with Crippen molar-refractivity contribution in [1.29, 1.82) is 0 Å². The molecule has 0 atom stereocenters. The van der Waals surface area contributed by atoms with Gasteiger partial charge in [0.05, 0.1) is 25.3 Å². The normalized spacial score (nSPS) is 12.7. The molecule has 9 heteroatoms. The van der Waals surface area contributed by atoms with E-state index in [2.05, 4.69) is 32.5 Å². The monoisotopic (exact) mass is 521 g/mol. The maximum absolute atomic E-state index is 12.5. The number of rotatable bonds is 5. The molecule has 154 valence electrons. The molecule has 0 aliphatic carbocycles. The highest BCUT2D eigenvalue weighted by molar-refractivity contribution is 14.1. The van der Waals surface area contributed by atoms with Crippen LogP contribution in [0.3, 0.4) is 0 Å². The lowest BCUT2D eigenvalue weighted by Crippen LogP contribution is -2.06. The SMILES string of the molecule is COc1cc(I)c(/C(=C\c2ccnc3cc4c(cc23)OCO4)C(=O)OO)cc1OC. The molecule has 4 rings (SSSR count). The minimum atomic E-state index is -0.911. The Morgan fingerprint density at radius 1 is 1.13 bits per heavy atom. The first-order valence-corrected chi connectivity index (χ1v) is 9.81. The number of aromatic nitrogens is 1. The van der Waals surface area contributed by atoms with Crippen molar-refractivity contribution in [3.8, 4) is 23.0 Å². The molecule has 1 N–H and O–H groups in total. The molecule has 1 aliphatic heterocycles. The minimum absolute atomic E-state index is 0.132. The molecule has 0 fully saturated rings. The average Bonchev–Trinajstić information content (AvgIpc) is 3.23. The summed E-state index contributed by atoms with van der Waals surface area (Å²) in [6.07, 6.45) is 3.24. The van der Waals surface area contributed by atoms with E-state index in [4.69, 9.17) is 24.2 Å². The first-order valence-electron chi connectivity index (χ1n) is 8.73. The Hall–Kier alpha value is -3.05. The van der Waals surface area contributed by atoms with Crippen molar-refractivity contribution in [3.63, 3.8) is 0 Å². The second-order valence-electron chi connectivity index (χ2n) is 6.25. The molecule has 1 aromatic heterocycles. The number of halogens is 1. The van der Waals surface area contributed by atoms with Gasteiger partial charge in [-0.25, -0.2) is 4.79 Å². The standard InChI is InChI=1S/C21H16INO7/c1-26-17-7-13(15(22)8-18(17)27-2)14(21(24)30-25)5-11-3-4-23-16-9-20-19(6-12(11)16)28-10-29-20/h3-9,25H,10H2,1-2H3/b14-5+. The van der Waals surface area contributed by atoms with Crippen molar-refractivity contribution in [2.24, 2.45) is 0 Å². The molecule has 0 bridgehead atoms. The van der Waals surface area contributed by atoms with Crippen molar-refractivity contribution in [2.75, 3.05) is 21.0 Å². The Labute approximate surface area is 185 Å². The van der Waals surface area contributed by atoms with E-state index >= 15 is 0 Å². The highest BCUT2D eigenvalue weighted by atomic mass is 127. The molecule has 3 aromatic rings. The second-order valence-corrected chi connectivity index (χ2v) is 7.41. The molecule has 0 unspecified atom stereocenters. The van der Waals surface area contributed by atoms with Gasteiger partial charge >= 0.3 is 5.97 Å². The predicted molar refractivity (Wildman–Crippen MR) is 117 cm³/mol. The molecule has 0 saturated carbocycles. The van der Waals surface area contributed by atoms with E-state index in [-0.39, 0.29) is 12.4 Å². The summed E-state index contributed by atoms with van der Waals surface area (Å²) in [7, 11) is 3.03. The third-order valence-electron chi connectivity index (χ3n) is 4.64. The van der Waals surface area contributed by atoms with Gasteiger partial charge in [0, 0.05) is 26.8 Å². The largest absolute Gasteiger partial charge is 0.493 e. The third-order valence-corrected chi connectivity index (χ3v) is 5.53. The fourth-order valence-electron chi connectivity index (χ4n) is 3.19. The summed E-state index contributed by atoms with van der Waals surface area (Å²) < 4.78 is 22.2. The van der Waals surface area contributed by atoms with Crippen LogP contribution in [0.25, 0.3) is 22.6 Å². The number of hydrogen-bond donors (Lipinski definition) is 1. The molecule has 0 spiro atoms. The summed E-state index contributed by atoms with van der Waals surface area (Å²) in [5.41, 5.74) is 2.00. The van der Waals surface area contributed by atoms with Crippen LogP contribution in [0.2, 0.25) is 0 Å². The first kappa shape index (κ1) is 20.2. The fourth-order valence-corrected chi connectivity index (χ4v) is 3.92. The fraction of sp³-hybridized carbons (Fsp3) is 0.143. The third kappa shape index (κ3) is 3.61. The average molecular weight is 521 g/mol. The van der Waals surface area contributed by atoms with E-state index in [9.17, 15) is 4.79 Å². The number of carbonyl (C=O) groups excluding carboxylic acids is 1. The Morgan fingerprint density at radius 3 is 2.53 bits per heavy atom. The molecular formula is C21H16INO7.